The zero-order valence-corrected chi connectivity index (χ0v) is 12.1. The molecule has 2 heterocycles. The van der Waals surface area contributed by atoms with Crippen LogP contribution in [0.3, 0.4) is 0 Å². The van der Waals surface area contributed by atoms with Gasteiger partial charge >= 0.3 is 0 Å². The number of rotatable bonds is 3. The van der Waals surface area contributed by atoms with Crippen LogP contribution >= 0.6 is 11.3 Å². The molecule has 0 aliphatic rings. The minimum absolute atomic E-state index is 0.203. The Hall–Kier alpha value is -1.89. The SMILES string of the molecule is Cc1nnc(NC(=O)c2nc(C(C)C)cs2)nc1C. The van der Waals surface area contributed by atoms with Gasteiger partial charge in [-0.25, -0.2) is 9.97 Å². The van der Waals surface area contributed by atoms with Gasteiger partial charge in [-0.05, 0) is 19.8 Å². The zero-order chi connectivity index (χ0) is 14.0. The number of nitrogens with one attached hydrogen (secondary N) is 1. The van der Waals surface area contributed by atoms with Crippen LogP contribution in [-0.4, -0.2) is 26.1 Å². The third-order valence-corrected chi connectivity index (χ3v) is 3.48. The van der Waals surface area contributed by atoms with Crippen LogP contribution in [-0.2, 0) is 0 Å². The van der Waals surface area contributed by atoms with Crippen molar-refractivity contribution in [2.45, 2.75) is 33.6 Å². The van der Waals surface area contributed by atoms with Gasteiger partial charge in [-0.15, -0.1) is 16.4 Å². The van der Waals surface area contributed by atoms with E-state index < -0.39 is 0 Å². The van der Waals surface area contributed by atoms with Crippen molar-refractivity contribution in [3.05, 3.63) is 27.5 Å². The summed E-state index contributed by atoms with van der Waals surface area (Å²) >= 11 is 1.31. The van der Waals surface area contributed by atoms with Crippen LogP contribution in [0.2, 0.25) is 0 Å². The highest BCUT2D eigenvalue weighted by atomic mass is 32.1. The molecule has 0 unspecified atom stereocenters. The average Bonchev–Trinajstić information content (AvgIpc) is 2.83. The maximum atomic E-state index is 12.0. The minimum atomic E-state index is -0.304. The Morgan fingerprint density at radius 2 is 1.95 bits per heavy atom. The molecule has 0 atom stereocenters. The number of aryl methyl sites for hydroxylation is 2. The molecular formula is C12H15N5OS. The van der Waals surface area contributed by atoms with E-state index in [0.29, 0.717) is 10.9 Å². The number of anilines is 1. The molecule has 1 amide bonds. The summed E-state index contributed by atoms with van der Waals surface area (Å²) < 4.78 is 0. The van der Waals surface area contributed by atoms with Gasteiger partial charge in [-0.3, -0.25) is 10.1 Å². The smallest absolute Gasteiger partial charge is 0.287 e. The molecule has 0 saturated carbocycles. The monoisotopic (exact) mass is 277 g/mol. The van der Waals surface area contributed by atoms with E-state index in [1.54, 1.807) is 0 Å². The Balaban J connectivity index is 2.13. The fourth-order valence-corrected chi connectivity index (χ4v) is 2.19. The predicted octanol–water partition coefficient (Wildman–Crippen LogP) is 2.32. The van der Waals surface area contributed by atoms with Crippen molar-refractivity contribution in [2.24, 2.45) is 0 Å². The van der Waals surface area contributed by atoms with E-state index in [1.165, 1.54) is 11.3 Å². The maximum absolute atomic E-state index is 12.0. The van der Waals surface area contributed by atoms with E-state index in [4.69, 9.17) is 0 Å². The molecule has 0 bridgehead atoms. The first-order chi connectivity index (χ1) is 8.97. The summed E-state index contributed by atoms with van der Waals surface area (Å²) in [6.45, 7) is 7.71. The second-order valence-corrected chi connectivity index (χ2v) is 5.35. The Bertz CT molecular complexity index is 608. The highest BCUT2D eigenvalue weighted by Gasteiger charge is 2.14. The summed E-state index contributed by atoms with van der Waals surface area (Å²) in [5, 5.41) is 12.6. The Morgan fingerprint density at radius 1 is 1.21 bits per heavy atom. The van der Waals surface area contributed by atoms with E-state index in [1.807, 2.05) is 33.1 Å². The second kappa shape index (κ2) is 5.40. The van der Waals surface area contributed by atoms with E-state index >= 15 is 0 Å². The molecular weight excluding hydrogens is 262 g/mol. The van der Waals surface area contributed by atoms with Gasteiger partial charge in [-0.1, -0.05) is 13.8 Å². The molecule has 19 heavy (non-hydrogen) atoms. The number of amides is 1. The number of hydrogen-bond donors (Lipinski definition) is 1. The van der Waals surface area contributed by atoms with Gasteiger partial charge in [0.25, 0.3) is 5.91 Å². The summed E-state index contributed by atoms with van der Waals surface area (Å²) in [5.74, 6) is 0.202. The van der Waals surface area contributed by atoms with Gasteiger partial charge in [0.05, 0.1) is 17.1 Å². The molecule has 2 aromatic heterocycles. The third-order valence-electron chi connectivity index (χ3n) is 2.62. The van der Waals surface area contributed by atoms with Crippen molar-refractivity contribution >= 4 is 23.2 Å². The van der Waals surface area contributed by atoms with Crippen LogP contribution in [0.15, 0.2) is 5.38 Å². The predicted molar refractivity (Wildman–Crippen MR) is 73.5 cm³/mol. The normalized spacial score (nSPS) is 10.8. The lowest BCUT2D eigenvalue weighted by molar-refractivity contribution is 0.102. The molecule has 2 rings (SSSR count). The second-order valence-electron chi connectivity index (χ2n) is 4.49. The van der Waals surface area contributed by atoms with Crippen LogP contribution in [0, 0.1) is 13.8 Å². The average molecular weight is 277 g/mol. The van der Waals surface area contributed by atoms with Gasteiger partial charge in [0.1, 0.15) is 0 Å². The van der Waals surface area contributed by atoms with Crippen molar-refractivity contribution < 1.29 is 4.79 Å². The quantitative estimate of drug-likeness (QED) is 0.931. The number of carbonyl (C=O) groups is 1. The van der Waals surface area contributed by atoms with Gasteiger partial charge in [0.2, 0.25) is 5.95 Å². The summed E-state index contributed by atoms with van der Waals surface area (Å²) in [6, 6.07) is 0. The van der Waals surface area contributed by atoms with Gasteiger partial charge < -0.3 is 0 Å². The van der Waals surface area contributed by atoms with Gasteiger partial charge in [-0.2, -0.15) is 5.10 Å². The minimum Gasteiger partial charge on any atom is -0.287 e. The van der Waals surface area contributed by atoms with Crippen LogP contribution in [0.25, 0.3) is 0 Å². The molecule has 0 radical (unpaired) electrons. The molecule has 1 N–H and O–H groups in total. The maximum Gasteiger partial charge on any atom is 0.287 e. The van der Waals surface area contributed by atoms with Crippen LogP contribution in [0.1, 0.15) is 46.6 Å². The Labute approximate surface area is 115 Å². The first-order valence-electron chi connectivity index (χ1n) is 5.92. The molecule has 7 heteroatoms. The molecule has 0 aliphatic carbocycles. The molecule has 0 saturated heterocycles. The van der Waals surface area contributed by atoms with Crippen molar-refractivity contribution in [1.29, 1.82) is 0 Å². The number of aromatic nitrogens is 4. The molecule has 2 aromatic rings. The molecule has 100 valence electrons. The highest BCUT2D eigenvalue weighted by molar-refractivity contribution is 7.11. The third kappa shape index (κ3) is 3.11. The first kappa shape index (κ1) is 13.5. The van der Waals surface area contributed by atoms with Crippen molar-refractivity contribution in [3.63, 3.8) is 0 Å². The van der Waals surface area contributed by atoms with Gasteiger partial charge in [0.15, 0.2) is 5.01 Å². The van der Waals surface area contributed by atoms with Gasteiger partial charge in [0, 0.05) is 5.38 Å². The van der Waals surface area contributed by atoms with E-state index in [9.17, 15) is 4.79 Å². The van der Waals surface area contributed by atoms with Crippen LogP contribution in [0.4, 0.5) is 5.95 Å². The fourth-order valence-electron chi connectivity index (χ4n) is 1.32. The number of hydrogen-bond acceptors (Lipinski definition) is 6. The summed E-state index contributed by atoms with van der Waals surface area (Å²) in [5.41, 5.74) is 2.40. The highest BCUT2D eigenvalue weighted by Crippen LogP contribution is 2.18. The molecule has 0 aliphatic heterocycles. The largest absolute Gasteiger partial charge is 0.287 e. The zero-order valence-electron chi connectivity index (χ0n) is 11.3. The van der Waals surface area contributed by atoms with Crippen molar-refractivity contribution in [2.75, 3.05) is 5.32 Å². The lowest BCUT2D eigenvalue weighted by Gasteiger charge is -2.02. The molecule has 6 nitrogen and oxygen atoms in total. The Morgan fingerprint density at radius 3 is 2.53 bits per heavy atom. The topological polar surface area (TPSA) is 80.7 Å². The van der Waals surface area contributed by atoms with E-state index in [0.717, 1.165) is 17.1 Å². The molecule has 0 fully saturated rings. The first-order valence-corrected chi connectivity index (χ1v) is 6.80. The summed E-state index contributed by atoms with van der Waals surface area (Å²) in [4.78, 5) is 20.4. The summed E-state index contributed by atoms with van der Waals surface area (Å²) in [7, 11) is 0. The lowest BCUT2D eigenvalue weighted by atomic mass is 10.2. The van der Waals surface area contributed by atoms with Crippen molar-refractivity contribution in [1.82, 2.24) is 20.2 Å². The summed E-state index contributed by atoms with van der Waals surface area (Å²) in [6.07, 6.45) is 0. The number of carbonyl (C=O) groups excluding carboxylic acids is 1. The number of thiazole rings is 1. The van der Waals surface area contributed by atoms with E-state index in [-0.39, 0.29) is 11.9 Å². The standard InChI is InChI=1S/C12H15N5OS/c1-6(2)9-5-19-11(14-9)10(18)15-12-13-7(3)8(4)16-17-12/h5-6H,1-4H3,(H,13,15,17,18). The Kier molecular flexibility index (Phi) is 3.84. The number of nitrogens with zero attached hydrogens (tertiary/aromatic N) is 4. The van der Waals surface area contributed by atoms with Crippen LogP contribution in [0.5, 0.6) is 0 Å². The molecule has 0 aromatic carbocycles. The van der Waals surface area contributed by atoms with Crippen molar-refractivity contribution in [3.8, 4) is 0 Å². The lowest BCUT2D eigenvalue weighted by Crippen LogP contribution is -2.15. The van der Waals surface area contributed by atoms with E-state index in [2.05, 4.69) is 25.5 Å². The van der Waals surface area contributed by atoms with Crippen LogP contribution < -0.4 is 5.32 Å². The molecule has 0 spiro atoms. The fraction of sp³-hybridized carbons (Fsp3) is 0.417.